The van der Waals surface area contributed by atoms with Crippen molar-refractivity contribution in [1.82, 2.24) is 4.90 Å². The molecule has 1 aliphatic heterocycles. The largest absolute Gasteiger partial charge is 0.389 e. The number of nitrogens with two attached hydrogens (primary N) is 1. The molecule has 0 spiro atoms. The van der Waals surface area contributed by atoms with E-state index in [9.17, 15) is 5.11 Å². The lowest BCUT2D eigenvalue weighted by Crippen LogP contribution is -2.47. The Labute approximate surface area is 87.3 Å². The average molecular weight is 200 g/mol. The summed E-state index contributed by atoms with van der Waals surface area (Å²) < 4.78 is 0. The van der Waals surface area contributed by atoms with Crippen molar-refractivity contribution >= 4 is 0 Å². The molecule has 0 aromatic carbocycles. The number of aliphatic hydroxyl groups is 1. The fourth-order valence-electron chi connectivity index (χ4n) is 2.21. The molecule has 3 heteroatoms. The molecule has 0 saturated carbocycles. The maximum Gasteiger partial charge on any atom is 0.0718 e. The van der Waals surface area contributed by atoms with Gasteiger partial charge in [0.15, 0.2) is 0 Å². The summed E-state index contributed by atoms with van der Waals surface area (Å²) in [5.74, 6) is 0.603. The second-order valence-corrected chi connectivity index (χ2v) is 5.31. The van der Waals surface area contributed by atoms with Crippen molar-refractivity contribution in [1.29, 1.82) is 0 Å². The quantitative estimate of drug-likeness (QED) is 0.709. The molecule has 0 aromatic heterocycles. The molecule has 3 nitrogen and oxygen atoms in total. The molecule has 2 atom stereocenters. The van der Waals surface area contributed by atoms with Crippen LogP contribution in [0.3, 0.4) is 0 Å². The van der Waals surface area contributed by atoms with Gasteiger partial charge < -0.3 is 15.7 Å². The van der Waals surface area contributed by atoms with Gasteiger partial charge in [-0.25, -0.2) is 0 Å². The van der Waals surface area contributed by atoms with Gasteiger partial charge in [0, 0.05) is 19.1 Å². The van der Waals surface area contributed by atoms with E-state index in [1.54, 1.807) is 0 Å². The summed E-state index contributed by atoms with van der Waals surface area (Å²) in [6, 6.07) is 0.277. The lowest BCUT2D eigenvalue weighted by molar-refractivity contribution is 0.0197. The van der Waals surface area contributed by atoms with Crippen LogP contribution in [-0.4, -0.2) is 41.3 Å². The van der Waals surface area contributed by atoms with Crippen LogP contribution in [0.1, 0.15) is 33.6 Å². The molecule has 1 heterocycles. The van der Waals surface area contributed by atoms with Gasteiger partial charge in [-0.05, 0) is 46.1 Å². The van der Waals surface area contributed by atoms with Gasteiger partial charge in [-0.2, -0.15) is 0 Å². The molecule has 0 radical (unpaired) electrons. The molecule has 0 aromatic rings. The van der Waals surface area contributed by atoms with E-state index >= 15 is 0 Å². The highest BCUT2D eigenvalue weighted by molar-refractivity contribution is 4.81. The van der Waals surface area contributed by atoms with E-state index in [1.807, 2.05) is 13.8 Å². The first kappa shape index (κ1) is 12.0. The van der Waals surface area contributed by atoms with Crippen molar-refractivity contribution in [2.24, 2.45) is 11.7 Å². The van der Waals surface area contributed by atoms with Crippen molar-refractivity contribution in [2.45, 2.75) is 45.3 Å². The highest BCUT2D eigenvalue weighted by Gasteiger charge is 2.26. The maximum atomic E-state index is 9.72. The third-order valence-electron chi connectivity index (χ3n) is 2.90. The maximum absolute atomic E-state index is 9.72. The molecule has 0 aliphatic carbocycles. The Morgan fingerprint density at radius 1 is 1.57 bits per heavy atom. The fourth-order valence-corrected chi connectivity index (χ4v) is 2.21. The van der Waals surface area contributed by atoms with Crippen molar-refractivity contribution in [3.8, 4) is 0 Å². The highest BCUT2D eigenvalue weighted by atomic mass is 16.3. The van der Waals surface area contributed by atoms with Crippen LogP contribution in [0.5, 0.6) is 0 Å². The van der Waals surface area contributed by atoms with E-state index in [1.165, 1.54) is 12.8 Å². The van der Waals surface area contributed by atoms with Gasteiger partial charge in [0.25, 0.3) is 0 Å². The molecule has 0 bridgehead atoms. The summed E-state index contributed by atoms with van der Waals surface area (Å²) in [5, 5.41) is 9.72. The van der Waals surface area contributed by atoms with Gasteiger partial charge in [0.2, 0.25) is 0 Å². The van der Waals surface area contributed by atoms with Gasteiger partial charge in [0.1, 0.15) is 0 Å². The van der Waals surface area contributed by atoms with Gasteiger partial charge in [0.05, 0.1) is 5.60 Å². The molecule has 14 heavy (non-hydrogen) atoms. The van der Waals surface area contributed by atoms with E-state index < -0.39 is 5.60 Å². The number of β-amino-alcohol motifs (C(OH)–C–C–N with tert-alkyl or cyclic N) is 1. The normalized spacial score (nSPS) is 27.6. The molecule has 1 saturated heterocycles. The number of hydrogen-bond acceptors (Lipinski definition) is 3. The van der Waals surface area contributed by atoms with Crippen LogP contribution in [0.25, 0.3) is 0 Å². The molecule has 1 aliphatic rings. The first-order valence-corrected chi connectivity index (χ1v) is 5.59. The number of likely N-dealkylation sites (tertiary alicyclic amines) is 1. The minimum Gasteiger partial charge on any atom is -0.389 e. The zero-order chi connectivity index (χ0) is 10.8. The van der Waals surface area contributed by atoms with Gasteiger partial charge >= 0.3 is 0 Å². The van der Waals surface area contributed by atoms with Crippen molar-refractivity contribution in [3.63, 3.8) is 0 Å². The number of piperidine rings is 1. The highest BCUT2D eigenvalue weighted by Crippen LogP contribution is 2.20. The summed E-state index contributed by atoms with van der Waals surface area (Å²) in [7, 11) is 0. The Balaban J connectivity index is 2.40. The predicted octanol–water partition coefficient (Wildman–Crippen LogP) is 0.816. The zero-order valence-electron chi connectivity index (χ0n) is 9.66. The van der Waals surface area contributed by atoms with Crippen LogP contribution in [0.15, 0.2) is 0 Å². The summed E-state index contributed by atoms with van der Waals surface area (Å²) in [6.07, 6.45) is 2.45. The summed E-state index contributed by atoms with van der Waals surface area (Å²) >= 11 is 0. The van der Waals surface area contributed by atoms with Gasteiger partial charge in [-0.1, -0.05) is 0 Å². The third-order valence-corrected chi connectivity index (χ3v) is 2.90. The minimum absolute atomic E-state index is 0.277. The fraction of sp³-hybridized carbons (Fsp3) is 1.00. The molecule has 84 valence electrons. The van der Waals surface area contributed by atoms with Gasteiger partial charge in [-0.3, -0.25) is 0 Å². The average Bonchev–Trinajstić information content (AvgIpc) is 2.01. The molecule has 1 rings (SSSR count). The smallest absolute Gasteiger partial charge is 0.0718 e. The number of rotatable bonds is 3. The lowest BCUT2D eigenvalue weighted by atomic mass is 9.91. The van der Waals surface area contributed by atoms with Crippen LogP contribution in [0.4, 0.5) is 0 Å². The van der Waals surface area contributed by atoms with E-state index in [0.717, 1.165) is 19.6 Å². The first-order valence-electron chi connectivity index (χ1n) is 5.59. The lowest BCUT2D eigenvalue weighted by Gasteiger charge is -2.37. The predicted molar refractivity (Wildman–Crippen MR) is 59.1 cm³/mol. The minimum atomic E-state index is -0.584. The zero-order valence-corrected chi connectivity index (χ0v) is 9.66. The topological polar surface area (TPSA) is 49.5 Å². The molecule has 0 amide bonds. The van der Waals surface area contributed by atoms with Crippen molar-refractivity contribution in [3.05, 3.63) is 0 Å². The van der Waals surface area contributed by atoms with Crippen molar-refractivity contribution in [2.75, 3.05) is 19.6 Å². The molecule has 1 fully saturated rings. The Morgan fingerprint density at radius 2 is 2.21 bits per heavy atom. The Morgan fingerprint density at radius 3 is 2.71 bits per heavy atom. The monoisotopic (exact) mass is 200 g/mol. The molecular formula is C11H24N2O. The van der Waals surface area contributed by atoms with Crippen LogP contribution >= 0.6 is 0 Å². The van der Waals surface area contributed by atoms with Gasteiger partial charge in [-0.15, -0.1) is 0 Å². The Kier molecular flexibility index (Phi) is 3.93. The second kappa shape index (κ2) is 4.60. The van der Waals surface area contributed by atoms with Crippen molar-refractivity contribution < 1.29 is 5.11 Å². The first-order chi connectivity index (χ1) is 6.38. The Bertz CT molecular complexity index is 175. The summed E-state index contributed by atoms with van der Waals surface area (Å²) in [6.45, 7) is 8.72. The number of hydrogen-bond donors (Lipinski definition) is 2. The van der Waals surface area contributed by atoms with E-state index in [4.69, 9.17) is 5.73 Å². The van der Waals surface area contributed by atoms with Crippen LogP contribution in [0.2, 0.25) is 0 Å². The summed E-state index contributed by atoms with van der Waals surface area (Å²) in [4.78, 5) is 2.33. The molecule has 0 unspecified atom stereocenters. The van der Waals surface area contributed by atoms with E-state index in [-0.39, 0.29) is 6.04 Å². The molecular weight excluding hydrogens is 176 g/mol. The summed E-state index contributed by atoms with van der Waals surface area (Å²) in [5.41, 5.74) is 5.32. The second-order valence-electron chi connectivity index (χ2n) is 5.31. The number of nitrogens with zero attached hydrogens (tertiary/aromatic N) is 1. The molecule has 3 N–H and O–H groups in total. The van der Waals surface area contributed by atoms with Crippen LogP contribution < -0.4 is 5.73 Å². The standard InChI is InChI=1S/C11H24N2O/c1-9(12)10-5-4-6-13(7-10)8-11(2,3)14/h9-10,14H,4-8,12H2,1-3H3/t9-,10-/m0/s1. The third kappa shape index (κ3) is 3.95. The SMILES string of the molecule is C[C@H](N)[C@H]1CCCN(CC(C)(C)O)C1. The van der Waals surface area contributed by atoms with Crippen LogP contribution in [-0.2, 0) is 0 Å². The van der Waals surface area contributed by atoms with E-state index in [2.05, 4.69) is 11.8 Å². The Hall–Kier alpha value is -0.120. The van der Waals surface area contributed by atoms with Crippen LogP contribution in [0, 0.1) is 5.92 Å². The van der Waals surface area contributed by atoms with E-state index in [0.29, 0.717) is 5.92 Å².